The smallest absolute Gasteiger partial charge is 0.161 e. The summed E-state index contributed by atoms with van der Waals surface area (Å²) < 4.78 is 11.7. The van der Waals surface area contributed by atoms with Crippen LogP contribution in [-0.4, -0.2) is 19.0 Å². The van der Waals surface area contributed by atoms with Crippen molar-refractivity contribution in [2.24, 2.45) is 0 Å². The number of ether oxygens (including phenoxy) is 2. The Morgan fingerprint density at radius 2 is 1.94 bits per heavy atom. The van der Waals surface area contributed by atoms with Gasteiger partial charge in [-0.15, -0.1) is 0 Å². The molecule has 1 saturated heterocycles. The molecule has 1 unspecified atom stereocenters. The van der Waals surface area contributed by atoms with Crippen LogP contribution in [0.4, 0.5) is 0 Å². The molecule has 2 aliphatic rings. The van der Waals surface area contributed by atoms with Crippen LogP contribution in [0.1, 0.15) is 25.3 Å². The number of benzene rings is 1. The first kappa shape index (κ1) is 10.3. The van der Waals surface area contributed by atoms with Gasteiger partial charge in [0.15, 0.2) is 11.5 Å². The van der Waals surface area contributed by atoms with Gasteiger partial charge in [0.05, 0.1) is 13.2 Å². The molecule has 1 aromatic carbocycles. The Morgan fingerprint density at radius 1 is 1.19 bits per heavy atom. The molecule has 0 N–H and O–H groups in total. The molecule has 0 amide bonds. The summed E-state index contributed by atoms with van der Waals surface area (Å²) in [5.74, 6) is 3.09. The predicted molar refractivity (Wildman–Crippen MR) is 66.5 cm³/mol. The molecule has 0 bridgehead atoms. The minimum Gasteiger partial charge on any atom is -0.490 e. The molecule has 2 heterocycles. The summed E-state index contributed by atoms with van der Waals surface area (Å²) in [6.45, 7) is 3.83. The fourth-order valence-electron chi connectivity index (χ4n) is 2.13. The third-order valence-electron chi connectivity index (χ3n) is 3.36. The minimum absolute atomic E-state index is 0.296. The lowest BCUT2D eigenvalue weighted by Crippen LogP contribution is -2.27. The molecule has 3 rings (SSSR count). The van der Waals surface area contributed by atoms with Gasteiger partial charge in [-0.3, -0.25) is 0 Å². The highest BCUT2D eigenvalue weighted by molar-refractivity contribution is 8.01. The summed E-state index contributed by atoms with van der Waals surface area (Å²) in [7, 11) is 0. The second kappa shape index (κ2) is 3.88. The van der Waals surface area contributed by atoms with Crippen LogP contribution < -0.4 is 9.47 Å². The summed E-state index contributed by atoms with van der Waals surface area (Å²) in [6, 6.07) is 6.40. The van der Waals surface area contributed by atoms with Crippen molar-refractivity contribution in [1.82, 2.24) is 0 Å². The van der Waals surface area contributed by atoms with E-state index in [9.17, 15) is 0 Å². The molecule has 0 spiro atoms. The van der Waals surface area contributed by atoms with Crippen molar-refractivity contribution < 1.29 is 9.47 Å². The predicted octanol–water partition coefficient (Wildman–Crippen LogP) is 3.20. The summed E-state index contributed by atoms with van der Waals surface area (Å²) >= 11 is 2.02. The zero-order valence-electron chi connectivity index (χ0n) is 9.49. The Bertz CT molecular complexity index is 399. The Balaban J connectivity index is 1.94. The molecule has 1 aromatic rings. The summed E-state index contributed by atoms with van der Waals surface area (Å²) in [6.07, 6.45) is 2.23. The summed E-state index contributed by atoms with van der Waals surface area (Å²) in [5, 5.41) is 0. The number of fused-ring (bicyclic) bond motifs is 1. The third kappa shape index (κ3) is 1.67. The Morgan fingerprint density at radius 3 is 2.62 bits per heavy atom. The average Bonchev–Trinajstić information content (AvgIpc) is 2.49. The number of hydrogen-bond donors (Lipinski definition) is 0. The van der Waals surface area contributed by atoms with E-state index in [1.54, 1.807) is 0 Å². The first-order valence-corrected chi connectivity index (χ1v) is 6.81. The van der Waals surface area contributed by atoms with Gasteiger partial charge in [0.25, 0.3) is 0 Å². The highest BCUT2D eigenvalue weighted by Crippen LogP contribution is 2.50. The SMILES string of the molecule is CC1(c2ccc3c(c2)OCCCO3)CCS1. The quantitative estimate of drug-likeness (QED) is 0.746. The van der Waals surface area contributed by atoms with Crippen molar-refractivity contribution in [3.63, 3.8) is 0 Å². The zero-order chi connectivity index (χ0) is 11.0. The first-order chi connectivity index (χ1) is 7.78. The molecule has 0 aliphatic carbocycles. The van der Waals surface area contributed by atoms with E-state index in [1.165, 1.54) is 17.7 Å². The van der Waals surface area contributed by atoms with Gasteiger partial charge in [-0.05, 0) is 36.8 Å². The number of thioether (sulfide) groups is 1. The van der Waals surface area contributed by atoms with Crippen molar-refractivity contribution in [2.75, 3.05) is 19.0 Å². The topological polar surface area (TPSA) is 18.5 Å². The largest absolute Gasteiger partial charge is 0.490 e. The van der Waals surface area contributed by atoms with Crippen LogP contribution in [0.15, 0.2) is 18.2 Å². The molecular formula is C13H16O2S. The minimum atomic E-state index is 0.296. The van der Waals surface area contributed by atoms with Gasteiger partial charge in [0, 0.05) is 11.2 Å². The third-order valence-corrected chi connectivity index (χ3v) is 4.84. The monoisotopic (exact) mass is 236 g/mol. The fourth-order valence-corrected chi connectivity index (χ4v) is 3.24. The Hall–Kier alpha value is -0.830. The Labute approximate surface area is 100 Å². The highest BCUT2D eigenvalue weighted by atomic mass is 32.2. The lowest BCUT2D eigenvalue weighted by atomic mass is 9.96. The second-order valence-corrected chi connectivity index (χ2v) is 6.14. The van der Waals surface area contributed by atoms with Crippen LogP contribution in [0.3, 0.4) is 0 Å². The fraction of sp³-hybridized carbons (Fsp3) is 0.538. The lowest BCUT2D eigenvalue weighted by molar-refractivity contribution is 0.297. The van der Waals surface area contributed by atoms with Gasteiger partial charge in [-0.25, -0.2) is 0 Å². The van der Waals surface area contributed by atoms with Crippen molar-refractivity contribution in [3.05, 3.63) is 23.8 Å². The van der Waals surface area contributed by atoms with Crippen molar-refractivity contribution >= 4 is 11.8 Å². The Kier molecular flexibility index (Phi) is 2.51. The van der Waals surface area contributed by atoms with Crippen LogP contribution in [0.5, 0.6) is 11.5 Å². The number of rotatable bonds is 1. The van der Waals surface area contributed by atoms with Crippen molar-refractivity contribution in [2.45, 2.75) is 24.5 Å². The van der Waals surface area contributed by atoms with E-state index in [0.717, 1.165) is 31.1 Å². The normalized spacial score (nSPS) is 28.1. The summed E-state index contributed by atoms with van der Waals surface area (Å²) in [4.78, 5) is 0. The molecule has 0 saturated carbocycles. The molecule has 0 radical (unpaired) electrons. The van der Waals surface area contributed by atoms with Gasteiger partial charge < -0.3 is 9.47 Å². The van der Waals surface area contributed by atoms with Gasteiger partial charge in [0.2, 0.25) is 0 Å². The van der Waals surface area contributed by atoms with Gasteiger partial charge in [0.1, 0.15) is 0 Å². The van der Waals surface area contributed by atoms with E-state index in [-0.39, 0.29) is 0 Å². The van der Waals surface area contributed by atoms with Gasteiger partial charge >= 0.3 is 0 Å². The van der Waals surface area contributed by atoms with Crippen LogP contribution in [0, 0.1) is 0 Å². The average molecular weight is 236 g/mol. The van der Waals surface area contributed by atoms with E-state index < -0.39 is 0 Å². The molecule has 2 nitrogen and oxygen atoms in total. The van der Waals surface area contributed by atoms with E-state index in [0.29, 0.717) is 4.75 Å². The van der Waals surface area contributed by atoms with Crippen molar-refractivity contribution in [3.8, 4) is 11.5 Å². The molecule has 16 heavy (non-hydrogen) atoms. The van der Waals surface area contributed by atoms with Crippen LogP contribution in [0.2, 0.25) is 0 Å². The lowest BCUT2D eigenvalue weighted by Gasteiger charge is -2.38. The molecular weight excluding hydrogens is 220 g/mol. The van der Waals surface area contributed by atoms with Gasteiger partial charge in [-0.2, -0.15) is 11.8 Å². The number of hydrogen-bond acceptors (Lipinski definition) is 3. The second-order valence-electron chi connectivity index (χ2n) is 4.54. The zero-order valence-corrected chi connectivity index (χ0v) is 10.3. The molecule has 3 heteroatoms. The van der Waals surface area contributed by atoms with E-state index in [1.807, 2.05) is 11.8 Å². The first-order valence-electron chi connectivity index (χ1n) is 5.82. The maximum absolute atomic E-state index is 5.72. The molecule has 2 aliphatic heterocycles. The maximum atomic E-state index is 5.72. The van der Waals surface area contributed by atoms with Crippen molar-refractivity contribution in [1.29, 1.82) is 0 Å². The van der Waals surface area contributed by atoms with Crippen LogP contribution >= 0.6 is 11.8 Å². The molecule has 0 aromatic heterocycles. The van der Waals surface area contributed by atoms with Crippen LogP contribution in [0.25, 0.3) is 0 Å². The molecule has 1 fully saturated rings. The molecule has 1 atom stereocenters. The van der Waals surface area contributed by atoms with E-state index in [4.69, 9.17) is 9.47 Å². The highest BCUT2D eigenvalue weighted by Gasteiger charge is 2.35. The summed E-state index contributed by atoms with van der Waals surface area (Å²) in [5.41, 5.74) is 1.37. The van der Waals surface area contributed by atoms with Gasteiger partial charge in [-0.1, -0.05) is 6.07 Å². The van der Waals surface area contributed by atoms with Crippen LogP contribution in [-0.2, 0) is 4.75 Å². The standard InChI is InChI=1S/C13H16O2S/c1-13(5-8-16-13)10-3-4-11-12(9-10)15-7-2-6-14-11/h3-4,9H,2,5-8H2,1H3. The molecule has 86 valence electrons. The van der Waals surface area contributed by atoms with E-state index >= 15 is 0 Å². The maximum Gasteiger partial charge on any atom is 0.161 e. The van der Waals surface area contributed by atoms with E-state index in [2.05, 4.69) is 25.1 Å².